The van der Waals surface area contributed by atoms with Gasteiger partial charge in [-0.15, -0.1) is 0 Å². The number of halogens is 1. The molecule has 9 nitrogen and oxygen atoms in total. The quantitative estimate of drug-likeness (QED) is 0.543. The predicted molar refractivity (Wildman–Crippen MR) is 143 cm³/mol. The highest BCUT2D eigenvalue weighted by Gasteiger charge is 2.28. The largest absolute Gasteiger partial charge is 0.383 e. The number of carbonyl (C=O) groups is 1. The van der Waals surface area contributed by atoms with E-state index in [-0.39, 0.29) is 29.9 Å². The highest BCUT2D eigenvalue weighted by atomic mass is 35.5. The maximum atomic E-state index is 13.5. The van der Waals surface area contributed by atoms with E-state index >= 15 is 0 Å². The molecular weight excluding hydrogens is 468 g/mol. The van der Waals surface area contributed by atoms with E-state index in [1.54, 1.807) is 0 Å². The molecule has 2 heterocycles. The van der Waals surface area contributed by atoms with Crippen LogP contribution in [0.15, 0.2) is 27.8 Å². The van der Waals surface area contributed by atoms with Crippen LogP contribution < -0.4 is 26.8 Å². The summed E-state index contributed by atoms with van der Waals surface area (Å²) < 4.78 is 1.35. The van der Waals surface area contributed by atoms with Crippen LogP contribution in [0, 0.1) is 12.8 Å². The van der Waals surface area contributed by atoms with Crippen molar-refractivity contribution in [1.82, 2.24) is 14.5 Å². The predicted octanol–water partition coefficient (Wildman–Crippen LogP) is 2.69. The average molecular weight is 505 g/mol. The van der Waals surface area contributed by atoms with Crippen molar-refractivity contribution in [3.8, 4) is 0 Å². The van der Waals surface area contributed by atoms with Gasteiger partial charge >= 0.3 is 5.69 Å². The summed E-state index contributed by atoms with van der Waals surface area (Å²) in [5.74, 6) is -0.0529. The lowest BCUT2D eigenvalue weighted by Crippen LogP contribution is -2.51. The zero-order chi connectivity index (χ0) is 25.7. The van der Waals surface area contributed by atoms with Gasteiger partial charge in [-0.2, -0.15) is 0 Å². The highest BCUT2D eigenvalue weighted by Crippen LogP contribution is 2.25. The van der Waals surface area contributed by atoms with Gasteiger partial charge in [-0.3, -0.25) is 24.0 Å². The molecule has 0 aliphatic carbocycles. The van der Waals surface area contributed by atoms with Crippen LogP contribution >= 0.6 is 11.6 Å². The third-order valence-electron chi connectivity index (χ3n) is 6.31. The van der Waals surface area contributed by atoms with Crippen LogP contribution in [0.5, 0.6) is 0 Å². The molecule has 1 fully saturated rings. The van der Waals surface area contributed by atoms with E-state index in [4.69, 9.17) is 17.3 Å². The second-order valence-corrected chi connectivity index (χ2v) is 10.0. The lowest BCUT2D eigenvalue weighted by molar-refractivity contribution is -0.120. The molecule has 192 valence electrons. The number of nitrogen functional groups attached to an aromatic ring is 1. The molecule has 0 saturated carbocycles. The third-order valence-corrected chi connectivity index (χ3v) is 6.55. The monoisotopic (exact) mass is 504 g/mol. The number of benzene rings is 1. The maximum Gasteiger partial charge on any atom is 0.330 e. The van der Waals surface area contributed by atoms with E-state index in [1.165, 1.54) is 9.47 Å². The Bertz CT molecular complexity index is 1150. The number of hydrogen-bond acceptors (Lipinski definition) is 6. The first-order chi connectivity index (χ1) is 16.6. The van der Waals surface area contributed by atoms with E-state index in [0.717, 1.165) is 37.2 Å². The Morgan fingerprint density at radius 2 is 1.89 bits per heavy atom. The molecule has 1 amide bonds. The van der Waals surface area contributed by atoms with E-state index in [0.29, 0.717) is 31.2 Å². The minimum Gasteiger partial charge on any atom is -0.383 e. The molecule has 10 heteroatoms. The van der Waals surface area contributed by atoms with Gasteiger partial charge < -0.3 is 15.5 Å². The van der Waals surface area contributed by atoms with Gasteiger partial charge in [0.2, 0.25) is 5.91 Å². The fourth-order valence-electron chi connectivity index (χ4n) is 4.41. The number of aromatic amines is 1. The zero-order valence-electron chi connectivity index (χ0n) is 21.1. The van der Waals surface area contributed by atoms with Crippen molar-refractivity contribution in [3.63, 3.8) is 0 Å². The van der Waals surface area contributed by atoms with Gasteiger partial charge in [0.1, 0.15) is 5.82 Å². The lowest BCUT2D eigenvalue weighted by Gasteiger charge is -2.37. The van der Waals surface area contributed by atoms with E-state index in [2.05, 4.69) is 21.7 Å². The van der Waals surface area contributed by atoms with Crippen LogP contribution in [0.4, 0.5) is 17.2 Å². The number of aromatic nitrogens is 2. The van der Waals surface area contributed by atoms with E-state index < -0.39 is 11.2 Å². The van der Waals surface area contributed by atoms with Gasteiger partial charge in [0, 0.05) is 50.0 Å². The van der Waals surface area contributed by atoms with Gasteiger partial charge in [0.05, 0.1) is 6.54 Å². The summed E-state index contributed by atoms with van der Waals surface area (Å²) in [6.45, 7) is 11.9. The van der Waals surface area contributed by atoms with Crippen molar-refractivity contribution in [2.45, 2.75) is 47.1 Å². The van der Waals surface area contributed by atoms with Crippen LogP contribution in [0.25, 0.3) is 0 Å². The number of nitrogens with zero attached hydrogens (tertiary/aromatic N) is 4. The Hall–Kier alpha value is -2.78. The summed E-state index contributed by atoms with van der Waals surface area (Å²) >= 11 is 6.20. The number of rotatable bonds is 9. The number of amides is 1. The number of piperazine rings is 1. The topological polar surface area (TPSA) is 108 Å². The second kappa shape index (κ2) is 11.8. The molecule has 1 aliphatic rings. The third kappa shape index (κ3) is 6.46. The van der Waals surface area contributed by atoms with Crippen LogP contribution in [0.1, 0.15) is 39.2 Å². The van der Waals surface area contributed by atoms with Gasteiger partial charge in [0.25, 0.3) is 5.56 Å². The summed E-state index contributed by atoms with van der Waals surface area (Å²) in [5.41, 5.74) is 7.46. The Labute approximate surface area is 211 Å². The maximum absolute atomic E-state index is 13.5. The fraction of sp³-hybridized carbons (Fsp3) is 0.560. The molecule has 1 aromatic carbocycles. The van der Waals surface area contributed by atoms with Crippen LogP contribution in [0.2, 0.25) is 5.02 Å². The van der Waals surface area contributed by atoms with Gasteiger partial charge in [-0.05, 0) is 37.0 Å². The molecule has 1 aliphatic heterocycles. The average Bonchev–Trinajstić information content (AvgIpc) is 2.80. The van der Waals surface area contributed by atoms with Gasteiger partial charge in [-0.1, -0.05) is 44.9 Å². The number of carbonyl (C=O) groups excluding carboxylic acids is 1. The molecule has 3 N–H and O–H groups in total. The number of aryl methyl sites for hydroxylation is 1. The Kier molecular flexibility index (Phi) is 9.02. The fourth-order valence-corrected chi connectivity index (χ4v) is 4.57. The number of nitrogens with one attached hydrogen (secondary N) is 1. The minimum atomic E-state index is -0.629. The first-order valence-corrected chi connectivity index (χ1v) is 12.7. The first kappa shape index (κ1) is 26.8. The van der Waals surface area contributed by atoms with Crippen molar-refractivity contribution in [2.24, 2.45) is 5.92 Å². The van der Waals surface area contributed by atoms with Crippen LogP contribution in [-0.4, -0.2) is 59.6 Å². The van der Waals surface area contributed by atoms with Crippen LogP contribution in [0.3, 0.4) is 0 Å². The molecule has 0 radical (unpaired) electrons. The van der Waals surface area contributed by atoms with Crippen molar-refractivity contribution in [2.75, 3.05) is 54.8 Å². The SMILES string of the molecule is CCCCn1c(N)c(N(CC(C)C)C(=O)CN2CCN(c3cc(Cl)ccc3C)CC2)c(=O)[nH]c1=O. The normalized spacial score (nSPS) is 14.5. The standard InChI is InChI=1S/C25H37ClN6O3/c1-5-6-9-31-23(27)22(24(34)28-25(31)35)32(15-17(2)3)21(33)16-29-10-12-30(13-11-29)20-14-19(26)8-7-18(20)4/h7-8,14,17H,5-6,9-13,15-16,27H2,1-4H3,(H,28,34,35). The Balaban J connectivity index is 1.78. The van der Waals surface area contributed by atoms with Crippen LogP contribution in [-0.2, 0) is 11.3 Å². The molecule has 35 heavy (non-hydrogen) atoms. The molecule has 0 bridgehead atoms. The Morgan fingerprint density at radius 1 is 1.20 bits per heavy atom. The number of anilines is 3. The molecule has 0 spiro atoms. The van der Waals surface area contributed by atoms with E-state index in [1.807, 2.05) is 39.0 Å². The van der Waals surface area contributed by atoms with E-state index in [9.17, 15) is 14.4 Å². The molecule has 1 aromatic heterocycles. The van der Waals surface area contributed by atoms with Crippen molar-refractivity contribution >= 4 is 34.7 Å². The number of hydrogen-bond donors (Lipinski definition) is 2. The summed E-state index contributed by atoms with van der Waals surface area (Å²) in [6.07, 6.45) is 1.61. The summed E-state index contributed by atoms with van der Waals surface area (Å²) in [4.78, 5) is 46.8. The first-order valence-electron chi connectivity index (χ1n) is 12.3. The number of H-pyrrole nitrogens is 1. The smallest absolute Gasteiger partial charge is 0.330 e. The Morgan fingerprint density at radius 3 is 2.51 bits per heavy atom. The highest BCUT2D eigenvalue weighted by molar-refractivity contribution is 6.30. The van der Waals surface area contributed by atoms with Gasteiger partial charge in [-0.25, -0.2) is 4.79 Å². The number of nitrogens with two attached hydrogens (primary N) is 1. The van der Waals surface area contributed by atoms with Crippen molar-refractivity contribution < 1.29 is 4.79 Å². The number of unbranched alkanes of at least 4 members (excludes halogenated alkanes) is 1. The molecule has 0 unspecified atom stereocenters. The molecule has 0 atom stereocenters. The van der Waals surface area contributed by atoms with Crippen molar-refractivity contribution in [3.05, 3.63) is 49.6 Å². The van der Waals surface area contributed by atoms with Crippen molar-refractivity contribution in [1.29, 1.82) is 0 Å². The lowest BCUT2D eigenvalue weighted by atomic mass is 10.1. The summed E-state index contributed by atoms with van der Waals surface area (Å²) in [6, 6.07) is 5.88. The van der Waals surface area contributed by atoms with Gasteiger partial charge in [0.15, 0.2) is 5.69 Å². The zero-order valence-corrected chi connectivity index (χ0v) is 21.9. The molecule has 1 saturated heterocycles. The molecular formula is C25H37ClN6O3. The molecule has 2 aromatic rings. The summed E-state index contributed by atoms with van der Waals surface area (Å²) in [7, 11) is 0. The summed E-state index contributed by atoms with van der Waals surface area (Å²) in [5, 5.41) is 0.704. The second-order valence-electron chi connectivity index (χ2n) is 9.59. The molecule has 3 rings (SSSR count). The minimum absolute atomic E-state index is 0.0439.